The molecule has 0 fully saturated rings. The zero-order valence-electron chi connectivity index (χ0n) is 13.4. The average molecular weight is 455 g/mol. The van der Waals surface area contributed by atoms with E-state index in [1.807, 2.05) is 0 Å². The molecule has 1 aromatic rings. The van der Waals surface area contributed by atoms with Gasteiger partial charge in [-0.2, -0.15) is 35.8 Å². The van der Waals surface area contributed by atoms with Crippen LogP contribution in [-0.2, 0) is 0 Å². The van der Waals surface area contributed by atoms with E-state index in [2.05, 4.69) is 21.0 Å². The molecule has 0 saturated heterocycles. The second-order valence-corrected chi connectivity index (χ2v) is 5.57. The second kappa shape index (κ2) is 8.31. The van der Waals surface area contributed by atoms with E-state index in [-0.39, 0.29) is 17.9 Å². The molecule has 0 aliphatic carbocycles. The molecule has 0 spiro atoms. The highest BCUT2D eigenvalue weighted by molar-refractivity contribution is 9.10. The molecule has 1 N–H and O–H groups in total. The van der Waals surface area contributed by atoms with Crippen molar-refractivity contribution in [1.29, 1.82) is 0 Å². The zero-order chi connectivity index (χ0) is 20.2. The molecule has 4 nitrogen and oxygen atoms in total. The number of hydrazone groups is 1. The van der Waals surface area contributed by atoms with Gasteiger partial charge in [0.25, 0.3) is 0 Å². The Labute approximate surface area is 152 Å². The third kappa shape index (κ3) is 4.92. The van der Waals surface area contributed by atoms with Gasteiger partial charge in [0.15, 0.2) is 11.5 Å². The summed E-state index contributed by atoms with van der Waals surface area (Å²) in [4.78, 5) is 0. The highest BCUT2D eigenvalue weighted by atomic mass is 79.9. The van der Waals surface area contributed by atoms with E-state index in [0.717, 1.165) is 0 Å². The predicted molar refractivity (Wildman–Crippen MR) is 83.2 cm³/mol. The van der Waals surface area contributed by atoms with Crippen molar-refractivity contribution in [2.45, 2.75) is 32.0 Å². The molecule has 1 rings (SSSR count). The van der Waals surface area contributed by atoms with Crippen molar-refractivity contribution < 1.29 is 40.2 Å². The average Bonchev–Trinajstić information content (AvgIpc) is 2.49. The lowest BCUT2D eigenvalue weighted by atomic mass is 10.2. The molecule has 0 aliphatic heterocycles. The van der Waals surface area contributed by atoms with Crippen molar-refractivity contribution in [3.8, 4) is 11.5 Å². The molecular weight excluding hydrogens is 441 g/mol. The number of hydrogen-bond acceptors (Lipinski definition) is 4. The zero-order valence-corrected chi connectivity index (χ0v) is 15.0. The minimum absolute atomic E-state index is 0.0856. The number of rotatable bonds is 8. The normalized spacial score (nSPS) is 13.2. The second-order valence-electron chi connectivity index (χ2n) is 4.71. The van der Waals surface area contributed by atoms with Gasteiger partial charge in [-0.05, 0) is 47.5 Å². The summed E-state index contributed by atoms with van der Waals surface area (Å²) in [7, 11) is 0. The summed E-state index contributed by atoms with van der Waals surface area (Å²) in [5.74, 6) is -5.78. The molecule has 0 unspecified atom stereocenters. The largest absolute Gasteiger partial charge is 0.490 e. The van der Waals surface area contributed by atoms with Crippen LogP contribution >= 0.6 is 15.9 Å². The number of halogens is 8. The first kappa shape index (κ1) is 22.3. The van der Waals surface area contributed by atoms with Crippen molar-refractivity contribution in [2.75, 3.05) is 13.2 Å². The fraction of sp³-hybridized carbons (Fsp3) is 0.500. The van der Waals surface area contributed by atoms with Crippen LogP contribution in [-0.4, -0.2) is 37.6 Å². The monoisotopic (exact) mass is 454 g/mol. The van der Waals surface area contributed by atoms with Gasteiger partial charge in [0.2, 0.25) is 0 Å². The summed E-state index contributed by atoms with van der Waals surface area (Å²) < 4.78 is 98.8. The number of nitrogens with one attached hydrogen (secondary N) is 1. The van der Waals surface area contributed by atoms with Gasteiger partial charge in [0.05, 0.1) is 23.9 Å². The van der Waals surface area contributed by atoms with Gasteiger partial charge in [-0.3, -0.25) is 0 Å². The lowest BCUT2D eigenvalue weighted by molar-refractivity contribution is -0.361. The van der Waals surface area contributed by atoms with E-state index in [1.54, 1.807) is 13.8 Å². The Balaban J connectivity index is 3.05. The van der Waals surface area contributed by atoms with E-state index in [0.29, 0.717) is 28.5 Å². The van der Waals surface area contributed by atoms with Gasteiger partial charge in [-0.1, -0.05) is 0 Å². The maximum absolute atomic E-state index is 13.1. The summed E-state index contributed by atoms with van der Waals surface area (Å²) in [5.41, 5.74) is 0.629. The SMILES string of the molecule is CCOc1cc(/C=N\NC(F)(F)C(F)(F)C(F)(F)F)cc(Br)c1OCC. The molecule has 148 valence electrons. The number of ether oxygens (including phenoxy) is 2. The van der Waals surface area contributed by atoms with E-state index in [1.165, 1.54) is 12.1 Å². The number of benzene rings is 1. The van der Waals surface area contributed by atoms with Crippen LogP contribution in [0.15, 0.2) is 21.7 Å². The standard InChI is InChI=1S/C14H14BrF7N2O2/c1-3-25-10-6-8(5-9(15)11(10)26-4-2)7-23-24-14(21,22)12(16,17)13(18,19)20/h5-7,24H,3-4H2,1-2H3/b23-7-. The summed E-state index contributed by atoms with van der Waals surface area (Å²) in [6.45, 7) is 3.92. The molecule has 0 amide bonds. The molecule has 1 aromatic carbocycles. The molecule has 0 atom stereocenters. The lowest BCUT2D eigenvalue weighted by Crippen LogP contribution is -2.58. The fourth-order valence-electron chi connectivity index (χ4n) is 1.65. The van der Waals surface area contributed by atoms with Crippen LogP contribution in [0.2, 0.25) is 0 Å². The van der Waals surface area contributed by atoms with Crippen molar-refractivity contribution >= 4 is 22.1 Å². The predicted octanol–water partition coefficient (Wildman–Crippen LogP) is 4.96. The number of hydrogen-bond donors (Lipinski definition) is 1. The topological polar surface area (TPSA) is 42.8 Å². The van der Waals surface area contributed by atoms with Crippen LogP contribution in [0.25, 0.3) is 0 Å². The molecule has 0 aliphatic rings. The minimum Gasteiger partial charge on any atom is -0.490 e. The van der Waals surface area contributed by atoms with Gasteiger partial charge in [-0.15, -0.1) is 0 Å². The Hall–Kier alpha value is -1.72. The van der Waals surface area contributed by atoms with Crippen molar-refractivity contribution in [3.63, 3.8) is 0 Å². The first-order chi connectivity index (χ1) is 11.9. The molecule has 0 radical (unpaired) electrons. The molecule has 0 aromatic heterocycles. The highest BCUT2D eigenvalue weighted by Crippen LogP contribution is 2.45. The van der Waals surface area contributed by atoms with Crippen molar-refractivity contribution in [1.82, 2.24) is 5.43 Å². The lowest BCUT2D eigenvalue weighted by Gasteiger charge is -2.27. The minimum atomic E-state index is -6.44. The van der Waals surface area contributed by atoms with E-state index in [4.69, 9.17) is 9.47 Å². The van der Waals surface area contributed by atoms with Gasteiger partial charge in [0, 0.05) is 0 Å². The van der Waals surface area contributed by atoms with E-state index < -0.39 is 18.1 Å². The molecule has 0 saturated carbocycles. The number of nitrogens with zero attached hydrogens (tertiary/aromatic N) is 1. The van der Waals surface area contributed by atoms with Crippen LogP contribution < -0.4 is 14.9 Å². The van der Waals surface area contributed by atoms with Crippen LogP contribution in [0.1, 0.15) is 19.4 Å². The van der Waals surface area contributed by atoms with E-state index >= 15 is 0 Å². The summed E-state index contributed by atoms with van der Waals surface area (Å²) in [6, 6.07) is -3.00. The van der Waals surface area contributed by atoms with Gasteiger partial charge >= 0.3 is 18.1 Å². The van der Waals surface area contributed by atoms with Gasteiger partial charge in [-0.25, -0.2) is 5.43 Å². The maximum atomic E-state index is 13.1. The maximum Gasteiger partial charge on any atom is 0.462 e. The molecule has 0 bridgehead atoms. The summed E-state index contributed by atoms with van der Waals surface area (Å²) in [5, 5.41) is 2.79. The first-order valence-electron chi connectivity index (χ1n) is 7.09. The van der Waals surface area contributed by atoms with E-state index in [9.17, 15) is 30.7 Å². The summed E-state index contributed by atoms with van der Waals surface area (Å²) >= 11 is 3.15. The molecule has 12 heteroatoms. The first-order valence-corrected chi connectivity index (χ1v) is 7.88. The number of alkyl halides is 7. The quantitative estimate of drug-likeness (QED) is 0.261. The van der Waals surface area contributed by atoms with Crippen LogP contribution in [0.5, 0.6) is 11.5 Å². The van der Waals surface area contributed by atoms with Crippen molar-refractivity contribution in [2.24, 2.45) is 5.10 Å². The Morgan fingerprint density at radius 1 is 1.04 bits per heavy atom. The van der Waals surface area contributed by atoms with Crippen LogP contribution in [0.4, 0.5) is 30.7 Å². The molecule has 0 heterocycles. The smallest absolute Gasteiger partial charge is 0.462 e. The van der Waals surface area contributed by atoms with Crippen LogP contribution in [0, 0.1) is 0 Å². The Morgan fingerprint density at radius 3 is 2.12 bits per heavy atom. The summed E-state index contributed by atoms with van der Waals surface area (Å²) in [6.07, 6.45) is -5.80. The van der Waals surface area contributed by atoms with Gasteiger partial charge in [0.1, 0.15) is 0 Å². The molecular formula is C14H14BrF7N2O2. The highest BCUT2D eigenvalue weighted by Gasteiger charge is 2.73. The Kier molecular flexibility index (Phi) is 7.14. The third-order valence-electron chi connectivity index (χ3n) is 2.79. The molecule has 26 heavy (non-hydrogen) atoms. The Bertz CT molecular complexity index is 651. The Morgan fingerprint density at radius 2 is 1.62 bits per heavy atom. The van der Waals surface area contributed by atoms with Gasteiger partial charge < -0.3 is 9.47 Å². The van der Waals surface area contributed by atoms with Crippen LogP contribution in [0.3, 0.4) is 0 Å². The van der Waals surface area contributed by atoms with Crippen molar-refractivity contribution in [3.05, 3.63) is 22.2 Å². The fourth-order valence-corrected chi connectivity index (χ4v) is 2.22. The third-order valence-corrected chi connectivity index (χ3v) is 3.38.